The highest BCUT2D eigenvalue weighted by Gasteiger charge is 2.38. The average molecular weight is 451 g/mol. The Kier molecular flexibility index (Phi) is 5.66. The predicted octanol–water partition coefficient (Wildman–Crippen LogP) is 6.52. The van der Waals surface area contributed by atoms with Crippen LogP contribution in [0.3, 0.4) is 0 Å². The molecule has 3 heterocycles. The third-order valence-electron chi connectivity index (χ3n) is 7.69. The van der Waals surface area contributed by atoms with E-state index in [1.54, 1.807) is 0 Å². The molecule has 2 atom stereocenters. The number of hydrogen-bond donors (Lipinski definition) is 0. The lowest BCUT2D eigenvalue weighted by molar-refractivity contribution is 0.0507. The highest BCUT2D eigenvalue weighted by atomic mass is 16.6. The van der Waals surface area contributed by atoms with E-state index >= 15 is 0 Å². The summed E-state index contributed by atoms with van der Waals surface area (Å²) in [7, 11) is 0. The Balaban J connectivity index is 1.15. The highest BCUT2D eigenvalue weighted by Crippen LogP contribution is 2.45. The fourth-order valence-electron chi connectivity index (χ4n) is 6.09. The average Bonchev–Trinajstić information content (AvgIpc) is 3.20. The minimum atomic E-state index is -0.156. The van der Waals surface area contributed by atoms with E-state index in [1.165, 1.54) is 34.2 Å². The molecule has 4 nitrogen and oxygen atoms in total. The summed E-state index contributed by atoms with van der Waals surface area (Å²) in [6.07, 6.45) is 10.2. The van der Waals surface area contributed by atoms with Gasteiger partial charge in [0.25, 0.3) is 0 Å². The lowest BCUT2D eigenvalue weighted by atomic mass is 9.84. The molecular formula is C30H30N2O2. The zero-order valence-electron chi connectivity index (χ0n) is 19.4. The molecule has 172 valence electrons. The fourth-order valence-corrected chi connectivity index (χ4v) is 6.09. The maximum Gasteiger partial charge on any atom is 0.410 e. The van der Waals surface area contributed by atoms with Gasteiger partial charge in [0.1, 0.15) is 6.61 Å². The maximum absolute atomic E-state index is 13.3. The molecule has 1 amide bonds. The van der Waals surface area contributed by atoms with Crippen molar-refractivity contribution in [2.24, 2.45) is 0 Å². The van der Waals surface area contributed by atoms with Crippen LogP contribution in [0.15, 0.2) is 84.6 Å². The number of carbonyl (C=O) groups excluding carboxylic acids is 1. The number of benzene rings is 2. The van der Waals surface area contributed by atoms with Gasteiger partial charge in [0.15, 0.2) is 0 Å². The van der Waals surface area contributed by atoms with Crippen molar-refractivity contribution in [2.45, 2.75) is 56.5 Å². The molecule has 3 aliphatic rings. The van der Waals surface area contributed by atoms with Gasteiger partial charge < -0.3 is 4.74 Å². The Morgan fingerprint density at radius 3 is 2.35 bits per heavy atom. The van der Waals surface area contributed by atoms with Gasteiger partial charge in [-0.05, 0) is 72.9 Å². The summed E-state index contributed by atoms with van der Waals surface area (Å²) < 4.78 is 6.03. The lowest BCUT2D eigenvalue weighted by Gasteiger charge is -2.44. The second-order valence-electron chi connectivity index (χ2n) is 9.71. The van der Waals surface area contributed by atoms with E-state index in [0.29, 0.717) is 6.61 Å². The molecule has 1 aromatic heterocycles. The number of fused-ring (bicyclic) bond motifs is 5. The first-order valence-electron chi connectivity index (χ1n) is 12.5. The number of carbonyl (C=O) groups is 1. The van der Waals surface area contributed by atoms with E-state index < -0.39 is 0 Å². The molecule has 3 aromatic rings. The van der Waals surface area contributed by atoms with Gasteiger partial charge in [0.05, 0.1) is 6.04 Å². The first kappa shape index (κ1) is 21.2. The van der Waals surface area contributed by atoms with Gasteiger partial charge >= 0.3 is 6.09 Å². The Hall–Kier alpha value is -3.40. The summed E-state index contributed by atoms with van der Waals surface area (Å²) in [5.74, 6) is 0.102. The molecule has 6 rings (SSSR count). The molecule has 1 fully saturated rings. The zero-order valence-corrected chi connectivity index (χ0v) is 19.4. The summed E-state index contributed by atoms with van der Waals surface area (Å²) in [5, 5.41) is 0. The van der Waals surface area contributed by atoms with E-state index in [-0.39, 0.29) is 24.1 Å². The first-order valence-corrected chi connectivity index (χ1v) is 12.5. The topological polar surface area (TPSA) is 42.4 Å². The van der Waals surface area contributed by atoms with Gasteiger partial charge in [0, 0.05) is 23.9 Å². The standard InChI is InChI=1S/C30H30N2O2/c33-30(34-20-29-27-13-3-1-11-25(27)26-12-2-4-14-28(26)29)32-23-9-7-10-24(32)19-21(18-23)15-16-22-8-5-6-17-31-22/h1-6,8,11-14,17-18,23-24,29H,7,9-10,15-16,19-20H2. The SMILES string of the molecule is O=C(OCC1c2ccccc2-c2ccccc21)N1C2C=C(CCc3ccccn3)CC1CCC2. The zero-order chi connectivity index (χ0) is 22.9. The minimum absolute atomic E-state index is 0.102. The first-order chi connectivity index (χ1) is 16.8. The van der Waals surface area contributed by atoms with Crippen LogP contribution in [0.1, 0.15) is 54.8 Å². The summed E-state index contributed by atoms with van der Waals surface area (Å²) >= 11 is 0. The Morgan fingerprint density at radius 2 is 1.65 bits per heavy atom. The number of pyridine rings is 1. The number of ether oxygens (including phenoxy) is 1. The number of nitrogens with zero attached hydrogens (tertiary/aromatic N) is 2. The molecule has 1 saturated heterocycles. The predicted molar refractivity (Wildman–Crippen MR) is 134 cm³/mol. The van der Waals surface area contributed by atoms with E-state index in [2.05, 4.69) is 65.7 Å². The molecule has 0 saturated carbocycles. The second-order valence-corrected chi connectivity index (χ2v) is 9.71. The number of rotatable bonds is 5. The van der Waals surface area contributed by atoms with Gasteiger partial charge in [-0.3, -0.25) is 9.88 Å². The fraction of sp³-hybridized carbons (Fsp3) is 0.333. The van der Waals surface area contributed by atoms with Crippen LogP contribution in [0.2, 0.25) is 0 Å². The van der Waals surface area contributed by atoms with E-state index in [9.17, 15) is 4.79 Å². The highest BCUT2D eigenvalue weighted by molar-refractivity contribution is 5.79. The van der Waals surface area contributed by atoms with Crippen LogP contribution in [-0.4, -0.2) is 34.7 Å². The lowest BCUT2D eigenvalue weighted by Crippen LogP contribution is -2.52. The summed E-state index contributed by atoms with van der Waals surface area (Å²) in [6, 6.07) is 23.5. The Labute approximate surface area is 201 Å². The normalized spacial score (nSPS) is 20.9. The summed E-state index contributed by atoms with van der Waals surface area (Å²) in [6.45, 7) is 0.388. The molecule has 0 spiro atoms. The van der Waals surface area contributed by atoms with Crippen LogP contribution in [0.4, 0.5) is 4.79 Å². The van der Waals surface area contributed by atoms with Crippen LogP contribution in [0.25, 0.3) is 11.1 Å². The quantitative estimate of drug-likeness (QED) is 0.416. The Morgan fingerprint density at radius 1 is 0.912 bits per heavy atom. The molecule has 2 aliphatic heterocycles. The Bertz CT molecular complexity index is 1170. The van der Waals surface area contributed by atoms with E-state index in [4.69, 9.17) is 4.74 Å². The van der Waals surface area contributed by atoms with Gasteiger partial charge in [-0.15, -0.1) is 0 Å². The van der Waals surface area contributed by atoms with Crippen LogP contribution in [0, 0.1) is 0 Å². The molecule has 0 N–H and O–H groups in total. The number of hydrogen-bond acceptors (Lipinski definition) is 3. The van der Waals surface area contributed by atoms with Gasteiger partial charge in [-0.1, -0.05) is 66.2 Å². The number of amides is 1. The van der Waals surface area contributed by atoms with Gasteiger partial charge in [-0.2, -0.15) is 0 Å². The summed E-state index contributed by atoms with van der Waals surface area (Å²) in [4.78, 5) is 19.8. The molecule has 34 heavy (non-hydrogen) atoms. The van der Waals surface area contributed by atoms with Crippen molar-refractivity contribution in [3.8, 4) is 11.1 Å². The van der Waals surface area contributed by atoms with Crippen molar-refractivity contribution in [1.82, 2.24) is 9.88 Å². The second kappa shape index (κ2) is 9.09. The summed E-state index contributed by atoms with van der Waals surface area (Å²) in [5.41, 5.74) is 7.62. The van der Waals surface area contributed by atoms with Crippen molar-refractivity contribution in [2.75, 3.05) is 6.61 Å². The molecule has 2 aromatic carbocycles. The molecule has 1 aliphatic carbocycles. The van der Waals surface area contributed by atoms with Crippen LogP contribution < -0.4 is 0 Å². The van der Waals surface area contributed by atoms with E-state index in [1.807, 2.05) is 23.2 Å². The van der Waals surface area contributed by atoms with Crippen LogP contribution in [0.5, 0.6) is 0 Å². The number of aromatic nitrogens is 1. The van der Waals surface area contributed by atoms with Crippen molar-refractivity contribution in [1.29, 1.82) is 0 Å². The maximum atomic E-state index is 13.3. The monoisotopic (exact) mass is 450 g/mol. The molecule has 2 unspecified atom stereocenters. The van der Waals surface area contributed by atoms with Crippen molar-refractivity contribution in [3.63, 3.8) is 0 Å². The van der Waals surface area contributed by atoms with Crippen molar-refractivity contribution < 1.29 is 9.53 Å². The molecular weight excluding hydrogens is 420 g/mol. The van der Waals surface area contributed by atoms with Crippen LogP contribution >= 0.6 is 0 Å². The van der Waals surface area contributed by atoms with E-state index in [0.717, 1.165) is 37.8 Å². The van der Waals surface area contributed by atoms with Gasteiger partial charge in [-0.25, -0.2) is 4.79 Å². The smallest absolute Gasteiger partial charge is 0.410 e. The molecule has 0 radical (unpaired) electrons. The van der Waals surface area contributed by atoms with Gasteiger partial charge in [0.2, 0.25) is 0 Å². The molecule has 2 bridgehead atoms. The largest absolute Gasteiger partial charge is 0.448 e. The molecule has 4 heteroatoms. The van der Waals surface area contributed by atoms with Crippen LogP contribution in [-0.2, 0) is 11.2 Å². The number of piperidine rings is 1. The third-order valence-corrected chi connectivity index (χ3v) is 7.69. The number of aryl methyl sites for hydroxylation is 1. The van der Waals surface area contributed by atoms with Crippen molar-refractivity contribution in [3.05, 3.63) is 101 Å². The third kappa shape index (κ3) is 3.91. The minimum Gasteiger partial charge on any atom is -0.448 e. The van der Waals surface area contributed by atoms with Crippen molar-refractivity contribution >= 4 is 6.09 Å².